The normalized spacial score (nSPS) is 10.3. The summed E-state index contributed by atoms with van der Waals surface area (Å²) in [6.07, 6.45) is 0.604. The number of pyridine rings is 1. The highest BCUT2D eigenvalue weighted by atomic mass is 19.1. The third kappa shape index (κ3) is 2.68. The number of carboxylic acids is 1. The van der Waals surface area contributed by atoms with Crippen LogP contribution in [0.25, 0.3) is 11.1 Å². The lowest BCUT2D eigenvalue weighted by atomic mass is 10.0. The maximum atomic E-state index is 13.2. The molecule has 5 heteroatoms. The maximum absolute atomic E-state index is 13.2. The van der Waals surface area contributed by atoms with Gasteiger partial charge in [-0.25, -0.2) is 8.78 Å². The lowest BCUT2D eigenvalue weighted by Crippen LogP contribution is -2.04. The van der Waals surface area contributed by atoms with Crippen LogP contribution in [0.4, 0.5) is 8.78 Å². The highest BCUT2D eigenvalue weighted by Crippen LogP contribution is 2.24. The van der Waals surface area contributed by atoms with Crippen LogP contribution in [0.5, 0.6) is 0 Å². The first-order valence-corrected chi connectivity index (χ1v) is 5.18. The molecule has 1 aromatic heterocycles. The van der Waals surface area contributed by atoms with Gasteiger partial charge in [0.2, 0.25) is 0 Å². The van der Waals surface area contributed by atoms with Crippen LogP contribution in [0.1, 0.15) is 5.69 Å². The highest BCUT2D eigenvalue weighted by molar-refractivity contribution is 5.75. The fraction of sp³-hybridized carbons (Fsp3) is 0.0769. The maximum Gasteiger partial charge on any atom is 0.309 e. The SMILES string of the molecule is O=C(O)Cc1ncc(F)cc1-c1cccc(F)c1. The molecule has 2 aromatic rings. The van der Waals surface area contributed by atoms with Crippen molar-refractivity contribution in [3.63, 3.8) is 0 Å². The Morgan fingerprint density at radius 1 is 1.22 bits per heavy atom. The standard InChI is InChI=1S/C13H9F2NO2/c14-9-3-1-2-8(4-9)11-5-10(15)7-16-12(11)6-13(17)18/h1-5,7H,6H2,(H,17,18). The van der Waals surface area contributed by atoms with Gasteiger partial charge in [-0.3, -0.25) is 9.78 Å². The largest absolute Gasteiger partial charge is 0.481 e. The van der Waals surface area contributed by atoms with Crippen molar-refractivity contribution < 1.29 is 18.7 Å². The van der Waals surface area contributed by atoms with Crippen molar-refractivity contribution in [2.24, 2.45) is 0 Å². The summed E-state index contributed by atoms with van der Waals surface area (Å²) < 4.78 is 26.3. The van der Waals surface area contributed by atoms with Gasteiger partial charge in [0.1, 0.15) is 11.6 Å². The first-order valence-electron chi connectivity index (χ1n) is 5.18. The molecule has 0 aliphatic heterocycles. The number of rotatable bonds is 3. The van der Waals surface area contributed by atoms with E-state index in [-0.39, 0.29) is 17.7 Å². The van der Waals surface area contributed by atoms with Crippen LogP contribution in [0.2, 0.25) is 0 Å². The number of aliphatic carboxylic acids is 1. The minimum absolute atomic E-state index is 0.203. The average Bonchev–Trinajstić information content (AvgIpc) is 2.31. The number of hydrogen-bond acceptors (Lipinski definition) is 2. The van der Waals surface area contributed by atoms with Crippen molar-refractivity contribution in [1.29, 1.82) is 0 Å². The Morgan fingerprint density at radius 3 is 2.67 bits per heavy atom. The van der Waals surface area contributed by atoms with E-state index in [4.69, 9.17) is 5.11 Å². The van der Waals surface area contributed by atoms with Gasteiger partial charge in [0, 0.05) is 5.56 Å². The highest BCUT2D eigenvalue weighted by Gasteiger charge is 2.12. The molecule has 1 heterocycles. The first-order chi connectivity index (χ1) is 8.56. The number of nitrogens with zero attached hydrogens (tertiary/aromatic N) is 1. The summed E-state index contributed by atoms with van der Waals surface area (Å²) in [5, 5.41) is 8.75. The molecule has 0 spiro atoms. The summed E-state index contributed by atoms with van der Waals surface area (Å²) in [6, 6.07) is 6.67. The third-order valence-corrected chi connectivity index (χ3v) is 2.39. The molecule has 3 nitrogen and oxygen atoms in total. The summed E-state index contributed by atoms with van der Waals surface area (Å²) in [6.45, 7) is 0. The lowest BCUT2D eigenvalue weighted by Gasteiger charge is -2.07. The number of carboxylic acid groups (broad SMARTS) is 1. The van der Waals surface area contributed by atoms with Gasteiger partial charge in [-0.05, 0) is 23.8 Å². The van der Waals surface area contributed by atoms with Crippen LogP contribution in [0, 0.1) is 11.6 Å². The molecule has 0 atom stereocenters. The Balaban J connectivity index is 2.54. The Kier molecular flexibility index (Phi) is 3.32. The summed E-state index contributed by atoms with van der Waals surface area (Å²) >= 11 is 0. The average molecular weight is 249 g/mol. The van der Waals surface area contributed by atoms with Crippen molar-refractivity contribution in [1.82, 2.24) is 4.98 Å². The summed E-state index contributed by atoms with van der Waals surface area (Å²) in [5.41, 5.74) is 0.893. The Labute approximate surface area is 102 Å². The monoisotopic (exact) mass is 249 g/mol. The molecule has 0 saturated carbocycles. The van der Waals surface area contributed by atoms with Crippen molar-refractivity contribution in [2.45, 2.75) is 6.42 Å². The second kappa shape index (κ2) is 4.91. The number of halogens is 2. The van der Waals surface area contributed by atoms with Gasteiger partial charge < -0.3 is 5.11 Å². The molecule has 92 valence electrons. The van der Waals surface area contributed by atoms with Crippen LogP contribution in [0.15, 0.2) is 36.5 Å². The van der Waals surface area contributed by atoms with E-state index in [1.807, 2.05) is 0 Å². The molecule has 1 aromatic carbocycles. The quantitative estimate of drug-likeness (QED) is 0.909. The zero-order valence-corrected chi connectivity index (χ0v) is 9.23. The molecule has 0 unspecified atom stereocenters. The minimum atomic E-state index is -1.08. The topological polar surface area (TPSA) is 50.2 Å². The summed E-state index contributed by atoms with van der Waals surface area (Å²) in [5.74, 6) is -2.15. The molecule has 2 rings (SSSR count). The summed E-state index contributed by atoms with van der Waals surface area (Å²) in [4.78, 5) is 14.4. The van der Waals surface area contributed by atoms with E-state index < -0.39 is 17.6 Å². The molecule has 0 fully saturated rings. The van der Waals surface area contributed by atoms with Crippen molar-refractivity contribution in [3.05, 3.63) is 53.9 Å². The van der Waals surface area contributed by atoms with Crippen molar-refractivity contribution in [2.75, 3.05) is 0 Å². The molecule has 0 saturated heterocycles. The second-order valence-electron chi connectivity index (χ2n) is 3.73. The zero-order valence-electron chi connectivity index (χ0n) is 9.23. The Morgan fingerprint density at radius 2 is 2.00 bits per heavy atom. The van der Waals surface area contributed by atoms with Gasteiger partial charge >= 0.3 is 5.97 Å². The van der Waals surface area contributed by atoms with E-state index in [9.17, 15) is 13.6 Å². The van der Waals surface area contributed by atoms with Gasteiger partial charge in [0.25, 0.3) is 0 Å². The van der Waals surface area contributed by atoms with Crippen LogP contribution in [-0.4, -0.2) is 16.1 Å². The van der Waals surface area contributed by atoms with Crippen molar-refractivity contribution >= 4 is 5.97 Å². The van der Waals surface area contributed by atoms with E-state index in [0.29, 0.717) is 5.56 Å². The van der Waals surface area contributed by atoms with Crippen molar-refractivity contribution in [3.8, 4) is 11.1 Å². The van der Waals surface area contributed by atoms with Gasteiger partial charge in [0.15, 0.2) is 0 Å². The first kappa shape index (κ1) is 12.2. The van der Waals surface area contributed by atoms with E-state index in [0.717, 1.165) is 12.3 Å². The van der Waals surface area contributed by atoms with Gasteiger partial charge in [-0.15, -0.1) is 0 Å². The molecule has 0 bridgehead atoms. The number of hydrogen-bond donors (Lipinski definition) is 1. The van der Waals surface area contributed by atoms with Crippen LogP contribution in [0.3, 0.4) is 0 Å². The number of benzene rings is 1. The molecule has 18 heavy (non-hydrogen) atoms. The second-order valence-corrected chi connectivity index (χ2v) is 3.73. The Hall–Kier alpha value is -2.30. The molecule has 1 N–H and O–H groups in total. The van der Waals surface area contributed by atoms with Gasteiger partial charge in [-0.2, -0.15) is 0 Å². The van der Waals surface area contributed by atoms with E-state index in [1.54, 1.807) is 6.07 Å². The lowest BCUT2D eigenvalue weighted by molar-refractivity contribution is -0.136. The zero-order chi connectivity index (χ0) is 13.1. The molecular formula is C13H9F2NO2. The van der Waals surface area contributed by atoms with E-state index in [2.05, 4.69) is 4.98 Å². The van der Waals surface area contributed by atoms with Gasteiger partial charge in [0.05, 0.1) is 18.3 Å². The number of aromatic nitrogens is 1. The fourth-order valence-electron chi connectivity index (χ4n) is 1.66. The predicted molar refractivity (Wildman–Crippen MR) is 60.9 cm³/mol. The molecule has 0 aliphatic rings. The van der Waals surface area contributed by atoms with Gasteiger partial charge in [-0.1, -0.05) is 12.1 Å². The third-order valence-electron chi connectivity index (χ3n) is 2.39. The van der Waals surface area contributed by atoms with Crippen LogP contribution < -0.4 is 0 Å². The summed E-state index contributed by atoms with van der Waals surface area (Å²) in [7, 11) is 0. The predicted octanol–water partition coefficient (Wildman–Crippen LogP) is 2.65. The molecular weight excluding hydrogens is 240 g/mol. The van der Waals surface area contributed by atoms with Crippen LogP contribution in [-0.2, 0) is 11.2 Å². The Bertz CT molecular complexity index is 599. The smallest absolute Gasteiger partial charge is 0.309 e. The minimum Gasteiger partial charge on any atom is -0.481 e. The molecule has 0 radical (unpaired) electrons. The van der Waals surface area contributed by atoms with E-state index in [1.165, 1.54) is 18.2 Å². The molecule has 0 aliphatic carbocycles. The van der Waals surface area contributed by atoms with Crippen LogP contribution >= 0.6 is 0 Å². The molecule has 0 amide bonds. The number of carbonyl (C=O) groups is 1. The fourth-order valence-corrected chi connectivity index (χ4v) is 1.66. The van der Waals surface area contributed by atoms with E-state index >= 15 is 0 Å².